The van der Waals surface area contributed by atoms with Gasteiger partial charge in [-0.1, -0.05) is 47.8 Å². The Balaban J connectivity index is 3.82. The number of halogens is 3. The molecule has 0 amide bonds. The number of hydrogen-bond acceptors (Lipinski definition) is 1. The zero-order chi connectivity index (χ0) is 7.33. The summed E-state index contributed by atoms with van der Waals surface area (Å²) in [7, 11) is 0.332. The summed E-state index contributed by atoms with van der Waals surface area (Å²) in [5, 5.41) is 0. The lowest BCUT2D eigenvalue weighted by Gasteiger charge is -2.21. The summed E-state index contributed by atoms with van der Waals surface area (Å²) in [6.45, 7) is 0. The van der Waals surface area contributed by atoms with E-state index in [0.29, 0.717) is 0 Å². The molecule has 0 aliphatic heterocycles. The van der Waals surface area contributed by atoms with Gasteiger partial charge in [0.2, 0.25) is 8.32 Å². The van der Waals surface area contributed by atoms with Crippen LogP contribution in [0.25, 0.3) is 0 Å². The van der Waals surface area contributed by atoms with Crippen LogP contribution >= 0.6 is 47.8 Å². The SMILES string of the molecule is CO[Si](CBr)(CBr)CBr. The van der Waals surface area contributed by atoms with E-state index in [9.17, 15) is 0 Å². The van der Waals surface area contributed by atoms with Crippen molar-refractivity contribution in [2.75, 3.05) is 22.0 Å². The number of hydrogen-bond donors (Lipinski definition) is 0. The van der Waals surface area contributed by atoms with E-state index >= 15 is 0 Å². The monoisotopic (exact) mass is 338 g/mol. The molecule has 0 aliphatic carbocycles. The minimum absolute atomic E-state index is 0.979. The van der Waals surface area contributed by atoms with Crippen LogP contribution in [0.5, 0.6) is 0 Å². The van der Waals surface area contributed by atoms with E-state index in [1.54, 1.807) is 7.11 Å². The first-order valence-electron chi connectivity index (χ1n) is 2.47. The smallest absolute Gasteiger partial charge is 0.223 e. The van der Waals surface area contributed by atoms with Gasteiger partial charge in [0.15, 0.2) is 0 Å². The Hall–Kier alpha value is 1.62. The summed E-state index contributed by atoms with van der Waals surface area (Å²) in [6, 6.07) is 0. The summed E-state index contributed by atoms with van der Waals surface area (Å²) >= 11 is 10.3. The molecule has 0 aromatic heterocycles. The Morgan fingerprint density at radius 3 is 1.44 bits per heavy atom. The van der Waals surface area contributed by atoms with Crippen LogP contribution in [0.4, 0.5) is 0 Å². The Morgan fingerprint density at radius 2 is 1.44 bits per heavy atom. The first-order chi connectivity index (χ1) is 4.24. The zero-order valence-corrected chi connectivity index (χ0v) is 10.9. The Bertz CT molecular complexity index is 58.7. The molecule has 0 rings (SSSR count). The van der Waals surface area contributed by atoms with Crippen molar-refractivity contribution in [2.24, 2.45) is 0 Å². The van der Waals surface area contributed by atoms with E-state index in [2.05, 4.69) is 47.8 Å². The fourth-order valence-electron chi connectivity index (χ4n) is 0.271. The molecule has 5 heteroatoms. The van der Waals surface area contributed by atoms with Gasteiger partial charge in [-0.05, 0) is 0 Å². The van der Waals surface area contributed by atoms with Crippen molar-refractivity contribution in [3.05, 3.63) is 0 Å². The number of rotatable bonds is 4. The maximum absolute atomic E-state index is 5.38. The minimum Gasteiger partial charge on any atom is -0.417 e. The van der Waals surface area contributed by atoms with Gasteiger partial charge in [-0.3, -0.25) is 0 Å². The highest BCUT2D eigenvalue weighted by molar-refractivity contribution is 9.11. The quantitative estimate of drug-likeness (QED) is 0.564. The third-order valence-electron chi connectivity index (χ3n) is 1.16. The van der Waals surface area contributed by atoms with Crippen molar-refractivity contribution < 1.29 is 4.43 Å². The van der Waals surface area contributed by atoms with Gasteiger partial charge in [-0.15, -0.1) is 0 Å². The van der Waals surface area contributed by atoms with E-state index in [1.807, 2.05) is 0 Å². The van der Waals surface area contributed by atoms with Gasteiger partial charge in [-0.2, -0.15) is 0 Å². The highest BCUT2D eigenvalue weighted by Gasteiger charge is 2.29. The lowest BCUT2D eigenvalue weighted by molar-refractivity contribution is 0.409. The molecule has 0 N–H and O–H groups in total. The van der Waals surface area contributed by atoms with E-state index in [4.69, 9.17) is 4.43 Å². The van der Waals surface area contributed by atoms with Gasteiger partial charge in [0.1, 0.15) is 0 Å². The molecule has 0 radical (unpaired) electrons. The molecule has 0 aromatic carbocycles. The van der Waals surface area contributed by atoms with E-state index in [-0.39, 0.29) is 0 Å². The molecule has 1 nitrogen and oxygen atoms in total. The van der Waals surface area contributed by atoms with Crippen LogP contribution in [-0.4, -0.2) is 30.3 Å². The van der Waals surface area contributed by atoms with Crippen LogP contribution < -0.4 is 0 Å². The molecule has 0 unspecified atom stereocenters. The van der Waals surface area contributed by atoms with Crippen molar-refractivity contribution in [2.45, 2.75) is 0 Å². The van der Waals surface area contributed by atoms with Gasteiger partial charge in [-0.25, -0.2) is 0 Å². The van der Waals surface area contributed by atoms with Crippen molar-refractivity contribution in [1.82, 2.24) is 0 Å². The summed E-state index contributed by atoms with van der Waals surface area (Å²) in [4.78, 5) is 2.94. The van der Waals surface area contributed by atoms with Crippen LogP contribution in [0.15, 0.2) is 0 Å². The van der Waals surface area contributed by atoms with Crippen LogP contribution in [0.1, 0.15) is 0 Å². The highest BCUT2D eigenvalue weighted by Crippen LogP contribution is 2.13. The van der Waals surface area contributed by atoms with Crippen LogP contribution in [0, 0.1) is 0 Å². The molecule has 56 valence electrons. The summed E-state index contributed by atoms with van der Waals surface area (Å²) in [6.07, 6.45) is 0. The topological polar surface area (TPSA) is 9.23 Å². The Labute approximate surface area is 82.1 Å². The van der Waals surface area contributed by atoms with Gasteiger partial charge in [0, 0.05) is 22.0 Å². The minimum atomic E-state index is -1.44. The molecule has 0 spiro atoms. The molecule has 0 bridgehead atoms. The maximum atomic E-state index is 5.38. The second-order valence-electron chi connectivity index (χ2n) is 1.79. The first kappa shape index (κ1) is 10.6. The molecular formula is C4H9Br3OSi. The zero-order valence-electron chi connectivity index (χ0n) is 5.16. The maximum Gasteiger partial charge on any atom is 0.223 e. The first-order valence-corrected chi connectivity index (χ1v) is 8.37. The molecule has 0 saturated heterocycles. The van der Waals surface area contributed by atoms with Gasteiger partial charge in [0.25, 0.3) is 0 Å². The molecule has 0 fully saturated rings. The van der Waals surface area contributed by atoms with E-state index in [1.165, 1.54) is 0 Å². The van der Waals surface area contributed by atoms with Crippen molar-refractivity contribution >= 4 is 56.1 Å². The molecule has 0 atom stereocenters. The highest BCUT2D eigenvalue weighted by atomic mass is 79.9. The van der Waals surface area contributed by atoms with Crippen molar-refractivity contribution in [1.29, 1.82) is 0 Å². The lowest BCUT2D eigenvalue weighted by atomic mass is 11.8. The Morgan fingerprint density at radius 1 is 1.11 bits per heavy atom. The predicted octanol–water partition coefficient (Wildman–Crippen LogP) is 2.38. The van der Waals surface area contributed by atoms with Crippen molar-refractivity contribution in [3.63, 3.8) is 0 Å². The predicted molar refractivity (Wildman–Crippen MR) is 54.1 cm³/mol. The molecule has 0 aliphatic rings. The largest absolute Gasteiger partial charge is 0.417 e. The molecular weight excluding hydrogens is 332 g/mol. The van der Waals surface area contributed by atoms with Crippen molar-refractivity contribution in [3.8, 4) is 0 Å². The third-order valence-corrected chi connectivity index (χ3v) is 12.7. The standard InChI is InChI=1S/C4H9Br3OSi/c1-8-9(2-5,3-6)4-7/h2-4H2,1H3. The summed E-state index contributed by atoms with van der Waals surface area (Å²) < 4.78 is 5.38. The average Bonchev–Trinajstić information content (AvgIpc) is 1.95. The average molecular weight is 341 g/mol. The lowest BCUT2D eigenvalue weighted by Crippen LogP contribution is -2.44. The second kappa shape index (κ2) is 5.29. The van der Waals surface area contributed by atoms with Gasteiger partial charge >= 0.3 is 0 Å². The van der Waals surface area contributed by atoms with Crippen LogP contribution in [0.3, 0.4) is 0 Å². The number of alkyl halides is 3. The van der Waals surface area contributed by atoms with Crippen LogP contribution in [0.2, 0.25) is 0 Å². The van der Waals surface area contributed by atoms with Gasteiger partial charge < -0.3 is 4.43 Å². The van der Waals surface area contributed by atoms with E-state index < -0.39 is 8.32 Å². The fraction of sp³-hybridized carbons (Fsp3) is 1.00. The molecule has 0 aromatic rings. The summed E-state index contributed by atoms with van der Waals surface area (Å²) in [5.74, 6) is 0. The fourth-order valence-corrected chi connectivity index (χ4v) is 11.2. The molecule has 9 heavy (non-hydrogen) atoms. The second-order valence-corrected chi connectivity index (χ2v) is 10.4. The van der Waals surface area contributed by atoms with Crippen LogP contribution in [-0.2, 0) is 4.43 Å². The molecule has 0 saturated carbocycles. The normalized spacial score (nSPS) is 12.0. The third kappa shape index (κ3) is 3.01. The Kier molecular flexibility index (Phi) is 6.24. The van der Waals surface area contributed by atoms with Gasteiger partial charge in [0.05, 0.1) is 0 Å². The van der Waals surface area contributed by atoms with E-state index in [0.717, 1.165) is 14.9 Å². The summed E-state index contributed by atoms with van der Waals surface area (Å²) in [5.41, 5.74) is 0. The molecule has 0 heterocycles.